The van der Waals surface area contributed by atoms with Crippen molar-refractivity contribution in [3.05, 3.63) is 54.5 Å². The minimum Gasteiger partial charge on any atom is -0.461 e. The number of rotatable bonds is 3. The maximum atomic E-state index is 12.2. The second kappa shape index (κ2) is 5.13. The Morgan fingerprint density at radius 2 is 2.10 bits per heavy atom. The average molecular weight is 267 g/mol. The van der Waals surface area contributed by atoms with Crippen LogP contribution in [0.5, 0.6) is 0 Å². The minimum atomic E-state index is -0.396. The second-order valence-electron chi connectivity index (χ2n) is 4.17. The van der Waals surface area contributed by atoms with Crippen molar-refractivity contribution < 1.29 is 9.53 Å². The molecule has 0 fully saturated rings. The van der Waals surface area contributed by atoms with Gasteiger partial charge in [0.2, 0.25) is 0 Å². The van der Waals surface area contributed by atoms with Crippen LogP contribution in [0.2, 0.25) is 0 Å². The molecular weight excluding hydrogens is 254 g/mol. The number of aromatic nitrogens is 3. The van der Waals surface area contributed by atoms with E-state index in [4.69, 9.17) is 4.74 Å². The highest BCUT2D eigenvalue weighted by atomic mass is 16.5. The van der Waals surface area contributed by atoms with Crippen LogP contribution in [-0.4, -0.2) is 26.9 Å². The smallest absolute Gasteiger partial charge is 0.357 e. The molecule has 0 aromatic carbocycles. The van der Waals surface area contributed by atoms with E-state index in [0.29, 0.717) is 29.3 Å². The molecule has 0 atom stereocenters. The van der Waals surface area contributed by atoms with Crippen molar-refractivity contribution in [2.24, 2.45) is 0 Å². The number of pyridine rings is 2. The number of nitrogens with zero attached hydrogens (tertiary/aromatic N) is 3. The van der Waals surface area contributed by atoms with E-state index in [1.54, 1.807) is 23.7 Å². The van der Waals surface area contributed by atoms with E-state index >= 15 is 0 Å². The van der Waals surface area contributed by atoms with E-state index in [0.717, 1.165) is 0 Å². The molecule has 0 saturated heterocycles. The molecule has 0 bridgehead atoms. The molecule has 3 aromatic heterocycles. The van der Waals surface area contributed by atoms with Crippen LogP contribution in [0.15, 0.2) is 48.8 Å². The molecule has 20 heavy (non-hydrogen) atoms. The molecule has 0 aliphatic carbocycles. The summed E-state index contributed by atoms with van der Waals surface area (Å²) in [6, 6.07) is 11.1. The van der Waals surface area contributed by atoms with Crippen molar-refractivity contribution in [3.8, 4) is 11.4 Å². The zero-order valence-electron chi connectivity index (χ0n) is 11.0. The standard InChI is InChI=1S/C15H13N3O2/c1-2-20-15(19)14-13(11-7-3-5-9-16-11)17-12-8-4-6-10-18(12)14/h3-10H,2H2,1H3. The van der Waals surface area contributed by atoms with Gasteiger partial charge in [0.25, 0.3) is 0 Å². The fourth-order valence-corrected chi connectivity index (χ4v) is 2.07. The Bertz CT molecular complexity index is 750. The average Bonchev–Trinajstić information content (AvgIpc) is 2.88. The molecule has 5 nitrogen and oxygen atoms in total. The number of fused-ring (bicyclic) bond motifs is 1. The number of carbonyl (C=O) groups is 1. The summed E-state index contributed by atoms with van der Waals surface area (Å²) in [5, 5.41) is 0. The van der Waals surface area contributed by atoms with Crippen LogP contribution >= 0.6 is 0 Å². The Kier molecular flexibility index (Phi) is 3.16. The molecule has 100 valence electrons. The SMILES string of the molecule is CCOC(=O)c1c(-c2ccccn2)nc2ccccn12. The third-order valence-electron chi connectivity index (χ3n) is 2.91. The van der Waals surface area contributed by atoms with E-state index in [2.05, 4.69) is 9.97 Å². The lowest BCUT2D eigenvalue weighted by molar-refractivity contribution is 0.0519. The summed E-state index contributed by atoms with van der Waals surface area (Å²) in [5.74, 6) is -0.396. The number of carbonyl (C=O) groups excluding carboxylic acids is 1. The molecule has 5 heteroatoms. The Morgan fingerprint density at radius 3 is 2.85 bits per heavy atom. The first-order chi connectivity index (χ1) is 9.81. The highest BCUT2D eigenvalue weighted by Gasteiger charge is 2.21. The number of hydrogen-bond acceptors (Lipinski definition) is 4. The second-order valence-corrected chi connectivity index (χ2v) is 4.17. The number of hydrogen-bond donors (Lipinski definition) is 0. The number of esters is 1. The van der Waals surface area contributed by atoms with E-state index in [-0.39, 0.29) is 0 Å². The van der Waals surface area contributed by atoms with Crippen LogP contribution in [0.1, 0.15) is 17.4 Å². The predicted molar refractivity (Wildman–Crippen MR) is 74.4 cm³/mol. The lowest BCUT2D eigenvalue weighted by Gasteiger charge is -2.04. The molecule has 0 unspecified atom stereocenters. The molecule has 0 radical (unpaired) electrons. The highest BCUT2D eigenvalue weighted by Crippen LogP contribution is 2.23. The van der Waals surface area contributed by atoms with Crippen LogP contribution in [-0.2, 0) is 4.74 Å². The monoisotopic (exact) mass is 267 g/mol. The summed E-state index contributed by atoms with van der Waals surface area (Å²) in [5.41, 5.74) is 2.28. The Balaban J connectivity index is 2.25. The van der Waals surface area contributed by atoms with Gasteiger partial charge in [-0.3, -0.25) is 9.38 Å². The summed E-state index contributed by atoms with van der Waals surface area (Å²) in [7, 11) is 0. The summed E-state index contributed by atoms with van der Waals surface area (Å²) in [4.78, 5) is 21.0. The fourth-order valence-electron chi connectivity index (χ4n) is 2.07. The van der Waals surface area contributed by atoms with E-state index in [9.17, 15) is 4.79 Å². The van der Waals surface area contributed by atoms with Gasteiger partial charge >= 0.3 is 5.97 Å². The minimum absolute atomic E-state index is 0.320. The van der Waals surface area contributed by atoms with E-state index in [1.165, 1.54) is 0 Å². The third kappa shape index (κ3) is 2.03. The Labute approximate surface area is 115 Å². The highest BCUT2D eigenvalue weighted by molar-refractivity contribution is 5.95. The van der Waals surface area contributed by atoms with Crippen molar-refractivity contribution in [2.45, 2.75) is 6.92 Å². The van der Waals surface area contributed by atoms with Crippen LogP contribution < -0.4 is 0 Å². The molecule has 0 N–H and O–H groups in total. The molecule has 0 saturated carbocycles. The van der Waals surface area contributed by atoms with Gasteiger partial charge in [0.1, 0.15) is 11.3 Å². The first-order valence-corrected chi connectivity index (χ1v) is 6.37. The van der Waals surface area contributed by atoms with Gasteiger partial charge in [0.05, 0.1) is 12.3 Å². The maximum absolute atomic E-state index is 12.2. The van der Waals surface area contributed by atoms with Crippen molar-refractivity contribution in [3.63, 3.8) is 0 Å². The van der Waals surface area contributed by atoms with Crippen molar-refractivity contribution >= 4 is 11.6 Å². The van der Waals surface area contributed by atoms with Gasteiger partial charge in [-0.05, 0) is 31.2 Å². The van der Waals surface area contributed by atoms with Crippen LogP contribution in [0, 0.1) is 0 Å². The summed E-state index contributed by atoms with van der Waals surface area (Å²) in [6.45, 7) is 2.10. The zero-order chi connectivity index (χ0) is 13.9. The first-order valence-electron chi connectivity index (χ1n) is 6.37. The zero-order valence-corrected chi connectivity index (χ0v) is 11.0. The van der Waals surface area contributed by atoms with Gasteiger partial charge in [-0.2, -0.15) is 0 Å². The number of imidazole rings is 1. The molecule has 0 spiro atoms. The van der Waals surface area contributed by atoms with Gasteiger partial charge in [-0.25, -0.2) is 9.78 Å². The van der Waals surface area contributed by atoms with Crippen molar-refractivity contribution in [1.82, 2.24) is 14.4 Å². The lowest BCUT2D eigenvalue weighted by atomic mass is 10.2. The van der Waals surface area contributed by atoms with Crippen LogP contribution in [0.4, 0.5) is 0 Å². The van der Waals surface area contributed by atoms with Gasteiger partial charge < -0.3 is 4.74 Å². The van der Waals surface area contributed by atoms with Crippen molar-refractivity contribution in [2.75, 3.05) is 6.61 Å². The molecule has 3 aromatic rings. The normalized spacial score (nSPS) is 10.7. The van der Waals surface area contributed by atoms with Crippen LogP contribution in [0.25, 0.3) is 17.0 Å². The largest absolute Gasteiger partial charge is 0.461 e. The van der Waals surface area contributed by atoms with Gasteiger partial charge in [-0.15, -0.1) is 0 Å². The van der Waals surface area contributed by atoms with Crippen LogP contribution in [0.3, 0.4) is 0 Å². The number of ether oxygens (including phenoxy) is 1. The lowest BCUT2D eigenvalue weighted by Crippen LogP contribution is -2.09. The molecular formula is C15H13N3O2. The Hall–Kier alpha value is -2.69. The molecule has 3 rings (SSSR count). The quantitative estimate of drug-likeness (QED) is 0.684. The summed E-state index contributed by atoms with van der Waals surface area (Å²) in [6.07, 6.45) is 3.47. The van der Waals surface area contributed by atoms with Gasteiger partial charge in [0, 0.05) is 12.4 Å². The van der Waals surface area contributed by atoms with Crippen molar-refractivity contribution in [1.29, 1.82) is 0 Å². The van der Waals surface area contributed by atoms with E-state index in [1.807, 2.05) is 36.4 Å². The fraction of sp³-hybridized carbons (Fsp3) is 0.133. The van der Waals surface area contributed by atoms with E-state index < -0.39 is 5.97 Å². The molecule has 0 aliphatic rings. The maximum Gasteiger partial charge on any atom is 0.357 e. The molecule has 3 heterocycles. The third-order valence-corrected chi connectivity index (χ3v) is 2.91. The predicted octanol–water partition coefficient (Wildman–Crippen LogP) is 2.57. The summed E-state index contributed by atoms with van der Waals surface area (Å²) >= 11 is 0. The first kappa shape index (κ1) is 12.3. The topological polar surface area (TPSA) is 56.5 Å². The Morgan fingerprint density at radius 1 is 1.25 bits per heavy atom. The summed E-state index contributed by atoms with van der Waals surface area (Å²) < 4.78 is 6.85. The molecule has 0 aliphatic heterocycles. The molecule has 0 amide bonds. The van der Waals surface area contributed by atoms with Gasteiger partial charge in [-0.1, -0.05) is 12.1 Å². The van der Waals surface area contributed by atoms with Gasteiger partial charge in [0.15, 0.2) is 5.69 Å².